The summed E-state index contributed by atoms with van der Waals surface area (Å²) in [6, 6.07) is 3.51. The molecule has 2 aliphatic heterocycles. The zero-order valence-corrected chi connectivity index (χ0v) is 11.2. The number of aromatic nitrogens is 1. The summed E-state index contributed by atoms with van der Waals surface area (Å²) in [6.07, 6.45) is 1.54. The lowest BCUT2D eigenvalue weighted by molar-refractivity contribution is 0.0594. The van der Waals surface area contributed by atoms with Crippen LogP contribution >= 0.6 is 0 Å². The van der Waals surface area contributed by atoms with E-state index in [4.69, 9.17) is 0 Å². The molecule has 2 fully saturated rings. The maximum Gasteiger partial charge on any atom is 0.356 e. The van der Waals surface area contributed by atoms with Gasteiger partial charge in [0.25, 0.3) is 0 Å². The fraction of sp³-hybridized carbons (Fsp3) is 0.462. The molecule has 2 amide bonds. The van der Waals surface area contributed by atoms with Gasteiger partial charge in [-0.25, -0.2) is 14.6 Å². The Balaban J connectivity index is 1.79. The van der Waals surface area contributed by atoms with E-state index in [-0.39, 0.29) is 17.8 Å². The molecule has 0 aromatic carbocycles. The van der Waals surface area contributed by atoms with Gasteiger partial charge in [0.1, 0.15) is 5.69 Å². The highest BCUT2D eigenvalue weighted by Crippen LogP contribution is 2.24. The van der Waals surface area contributed by atoms with Crippen LogP contribution in [0, 0.1) is 0 Å². The van der Waals surface area contributed by atoms with E-state index in [1.54, 1.807) is 17.0 Å². The van der Waals surface area contributed by atoms with Crippen LogP contribution in [-0.2, 0) is 4.74 Å². The topological polar surface area (TPSA) is 74.8 Å². The smallest absolute Gasteiger partial charge is 0.356 e. The van der Waals surface area contributed by atoms with Crippen LogP contribution in [0.4, 0.5) is 10.5 Å². The number of piperazine rings is 1. The summed E-state index contributed by atoms with van der Waals surface area (Å²) in [5.41, 5.74) is 0.944. The standard InChI is InChI=1S/C13H16N4O3/c1-20-12(18)11-3-2-9(7-15-11)17-8-10-6-14-4-5-16(10)13(17)19/h2-3,7,10,14H,4-6,8H2,1H3. The first-order valence-electron chi connectivity index (χ1n) is 6.54. The van der Waals surface area contributed by atoms with Crippen LogP contribution < -0.4 is 10.2 Å². The number of nitrogens with one attached hydrogen (secondary N) is 1. The second kappa shape index (κ2) is 5.09. The minimum absolute atomic E-state index is 0.00381. The molecule has 0 aliphatic carbocycles. The molecule has 1 atom stereocenters. The molecule has 7 nitrogen and oxygen atoms in total. The van der Waals surface area contributed by atoms with E-state index in [1.807, 2.05) is 4.90 Å². The first-order valence-corrected chi connectivity index (χ1v) is 6.54. The van der Waals surface area contributed by atoms with Crippen molar-refractivity contribution in [3.8, 4) is 0 Å². The average Bonchev–Trinajstić information content (AvgIpc) is 2.84. The van der Waals surface area contributed by atoms with Gasteiger partial charge in [0.05, 0.1) is 25.0 Å². The number of ether oxygens (including phenoxy) is 1. The number of amides is 2. The van der Waals surface area contributed by atoms with Gasteiger partial charge in [0.2, 0.25) is 0 Å². The van der Waals surface area contributed by atoms with Gasteiger partial charge in [0, 0.05) is 26.2 Å². The van der Waals surface area contributed by atoms with Crippen molar-refractivity contribution in [1.82, 2.24) is 15.2 Å². The average molecular weight is 276 g/mol. The van der Waals surface area contributed by atoms with Crippen molar-refractivity contribution < 1.29 is 14.3 Å². The number of nitrogens with zero attached hydrogens (tertiary/aromatic N) is 3. The van der Waals surface area contributed by atoms with E-state index in [9.17, 15) is 9.59 Å². The third-order valence-electron chi connectivity index (χ3n) is 3.67. The molecule has 1 aromatic heterocycles. The third-order valence-corrected chi connectivity index (χ3v) is 3.67. The molecule has 0 spiro atoms. The predicted octanol–water partition coefficient (Wildman–Crippen LogP) is 0.0820. The summed E-state index contributed by atoms with van der Waals surface area (Å²) in [5.74, 6) is -0.481. The molecule has 2 saturated heterocycles. The van der Waals surface area contributed by atoms with Crippen molar-refractivity contribution in [1.29, 1.82) is 0 Å². The normalized spacial score (nSPS) is 21.9. The quantitative estimate of drug-likeness (QED) is 0.774. The van der Waals surface area contributed by atoms with Crippen LogP contribution in [0.3, 0.4) is 0 Å². The maximum atomic E-state index is 12.3. The molecule has 1 aromatic rings. The van der Waals surface area contributed by atoms with E-state index in [0.29, 0.717) is 12.2 Å². The number of hydrogen-bond donors (Lipinski definition) is 1. The first-order chi connectivity index (χ1) is 9.70. The highest BCUT2D eigenvalue weighted by molar-refractivity contribution is 5.95. The Morgan fingerprint density at radius 1 is 1.50 bits per heavy atom. The second-order valence-corrected chi connectivity index (χ2v) is 4.84. The van der Waals surface area contributed by atoms with E-state index in [0.717, 1.165) is 19.6 Å². The number of carbonyl (C=O) groups is 2. The van der Waals surface area contributed by atoms with Crippen LogP contribution in [0.5, 0.6) is 0 Å². The number of urea groups is 1. The fourth-order valence-electron chi connectivity index (χ4n) is 2.61. The Bertz CT molecular complexity index is 531. The van der Waals surface area contributed by atoms with Gasteiger partial charge in [-0.3, -0.25) is 4.90 Å². The molecule has 1 unspecified atom stereocenters. The molecule has 2 aliphatic rings. The number of anilines is 1. The summed E-state index contributed by atoms with van der Waals surface area (Å²) < 4.78 is 4.60. The minimum Gasteiger partial charge on any atom is -0.464 e. The number of rotatable bonds is 2. The lowest BCUT2D eigenvalue weighted by Gasteiger charge is -2.28. The zero-order valence-electron chi connectivity index (χ0n) is 11.2. The fourth-order valence-corrected chi connectivity index (χ4v) is 2.61. The van der Waals surface area contributed by atoms with Gasteiger partial charge in [-0.05, 0) is 12.1 Å². The van der Waals surface area contributed by atoms with Crippen molar-refractivity contribution in [2.75, 3.05) is 38.2 Å². The molecule has 3 heterocycles. The van der Waals surface area contributed by atoms with Gasteiger partial charge in [0.15, 0.2) is 0 Å². The van der Waals surface area contributed by atoms with Crippen molar-refractivity contribution in [3.63, 3.8) is 0 Å². The van der Waals surface area contributed by atoms with Crippen LogP contribution in [0.1, 0.15) is 10.5 Å². The van der Waals surface area contributed by atoms with Crippen LogP contribution in [0.25, 0.3) is 0 Å². The van der Waals surface area contributed by atoms with Crippen molar-refractivity contribution >= 4 is 17.7 Å². The number of fused-ring (bicyclic) bond motifs is 1. The maximum absolute atomic E-state index is 12.3. The SMILES string of the molecule is COC(=O)c1ccc(N2CC3CNCCN3C2=O)cn1. The molecule has 1 N–H and O–H groups in total. The van der Waals surface area contributed by atoms with E-state index in [2.05, 4.69) is 15.0 Å². The van der Waals surface area contributed by atoms with Gasteiger partial charge in [-0.2, -0.15) is 0 Å². The summed E-state index contributed by atoms with van der Waals surface area (Å²) in [4.78, 5) is 31.3. The number of methoxy groups -OCH3 is 1. The zero-order chi connectivity index (χ0) is 14.1. The van der Waals surface area contributed by atoms with E-state index in [1.165, 1.54) is 13.3 Å². The molecule has 3 rings (SSSR count). The molecule has 0 radical (unpaired) electrons. The molecule has 106 valence electrons. The van der Waals surface area contributed by atoms with Crippen molar-refractivity contribution in [3.05, 3.63) is 24.0 Å². The van der Waals surface area contributed by atoms with Crippen LogP contribution in [0.2, 0.25) is 0 Å². The molecule has 7 heteroatoms. The van der Waals surface area contributed by atoms with E-state index < -0.39 is 5.97 Å². The largest absolute Gasteiger partial charge is 0.464 e. The van der Waals surface area contributed by atoms with Crippen LogP contribution in [-0.4, -0.2) is 61.2 Å². The Hall–Kier alpha value is -2.15. The lowest BCUT2D eigenvalue weighted by atomic mass is 10.2. The lowest BCUT2D eigenvalue weighted by Crippen LogP contribution is -2.49. The summed E-state index contributed by atoms with van der Waals surface area (Å²) in [6.45, 7) is 3.02. The number of hydrogen-bond acceptors (Lipinski definition) is 5. The van der Waals surface area contributed by atoms with E-state index >= 15 is 0 Å². The molecule has 20 heavy (non-hydrogen) atoms. The number of esters is 1. The Morgan fingerprint density at radius 3 is 3.00 bits per heavy atom. The molecule has 0 saturated carbocycles. The van der Waals surface area contributed by atoms with Crippen LogP contribution in [0.15, 0.2) is 18.3 Å². The Labute approximate surface area is 116 Å². The van der Waals surface area contributed by atoms with Gasteiger partial charge in [-0.15, -0.1) is 0 Å². The summed E-state index contributed by atoms with van der Waals surface area (Å²) >= 11 is 0. The summed E-state index contributed by atoms with van der Waals surface area (Å²) in [5, 5.41) is 3.28. The number of carbonyl (C=O) groups excluding carboxylic acids is 2. The Kier molecular flexibility index (Phi) is 3.27. The molecule has 0 bridgehead atoms. The molecular weight excluding hydrogens is 260 g/mol. The Morgan fingerprint density at radius 2 is 2.35 bits per heavy atom. The first kappa shape index (κ1) is 12.9. The van der Waals surface area contributed by atoms with Gasteiger partial charge < -0.3 is 15.0 Å². The highest BCUT2D eigenvalue weighted by atomic mass is 16.5. The number of pyridine rings is 1. The van der Waals surface area contributed by atoms with Gasteiger partial charge >= 0.3 is 12.0 Å². The summed E-state index contributed by atoms with van der Waals surface area (Å²) in [7, 11) is 1.31. The minimum atomic E-state index is -0.481. The molecular formula is C13H16N4O3. The highest BCUT2D eigenvalue weighted by Gasteiger charge is 2.39. The second-order valence-electron chi connectivity index (χ2n) is 4.84. The van der Waals surface area contributed by atoms with Crippen molar-refractivity contribution in [2.45, 2.75) is 6.04 Å². The monoisotopic (exact) mass is 276 g/mol. The van der Waals surface area contributed by atoms with Crippen molar-refractivity contribution in [2.24, 2.45) is 0 Å². The van der Waals surface area contributed by atoms with Gasteiger partial charge in [-0.1, -0.05) is 0 Å². The predicted molar refractivity (Wildman–Crippen MR) is 71.7 cm³/mol. The third kappa shape index (κ3) is 2.09.